The Hall–Kier alpha value is -1.13. The van der Waals surface area contributed by atoms with Gasteiger partial charge in [0.15, 0.2) is 0 Å². The quantitative estimate of drug-likeness (QED) is 0.856. The third-order valence-corrected chi connectivity index (χ3v) is 3.60. The van der Waals surface area contributed by atoms with Gasteiger partial charge in [-0.15, -0.1) is 11.3 Å². The predicted molar refractivity (Wildman–Crippen MR) is 70.4 cm³/mol. The van der Waals surface area contributed by atoms with E-state index in [1.807, 2.05) is 19.1 Å². The number of nitrogens with zero attached hydrogens (tertiary/aromatic N) is 1. The standard InChI is InChI=1S/C13H18N2OS/c1-3-14-11(7-12-5-4-6-16-12)8-13-15-10(2)9-17-13/h4-6,9,11,14H,3,7-8H2,1-2H3. The Kier molecular flexibility index (Phi) is 4.34. The summed E-state index contributed by atoms with van der Waals surface area (Å²) in [4.78, 5) is 4.51. The zero-order valence-electron chi connectivity index (χ0n) is 10.3. The van der Waals surface area contributed by atoms with Gasteiger partial charge in [-0.3, -0.25) is 0 Å². The molecule has 0 aromatic carbocycles. The molecule has 0 aliphatic heterocycles. The number of aryl methyl sites for hydroxylation is 1. The molecule has 1 atom stereocenters. The molecular formula is C13H18N2OS. The Morgan fingerprint density at radius 3 is 2.94 bits per heavy atom. The summed E-state index contributed by atoms with van der Waals surface area (Å²) in [5.74, 6) is 1.03. The van der Waals surface area contributed by atoms with E-state index in [1.54, 1.807) is 17.6 Å². The average Bonchev–Trinajstić information content (AvgIpc) is 2.91. The van der Waals surface area contributed by atoms with E-state index in [9.17, 15) is 0 Å². The van der Waals surface area contributed by atoms with Crippen LogP contribution in [0.2, 0.25) is 0 Å². The van der Waals surface area contributed by atoms with Gasteiger partial charge < -0.3 is 9.73 Å². The minimum Gasteiger partial charge on any atom is -0.469 e. The van der Waals surface area contributed by atoms with Crippen molar-refractivity contribution in [1.82, 2.24) is 10.3 Å². The molecule has 1 N–H and O–H groups in total. The molecule has 0 radical (unpaired) electrons. The van der Waals surface area contributed by atoms with Crippen molar-refractivity contribution in [1.29, 1.82) is 0 Å². The van der Waals surface area contributed by atoms with Crippen LogP contribution in [0, 0.1) is 6.92 Å². The fourth-order valence-electron chi connectivity index (χ4n) is 1.88. The third-order valence-electron chi connectivity index (χ3n) is 2.61. The average molecular weight is 250 g/mol. The highest BCUT2D eigenvalue weighted by Gasteiger charge is 2.12. The van der Waals surface area contributed by atoms with E-state index in [-0.39, 0.29) is 0 Å². The molecule has 2 heterocycles. The molecule has 17 heavy (non-hydrogen) atoms. The molecule has 0 amide bonds. The van der Waals surface area contributed by atoms with Gasteiger partial charge >= 0.3 is 0 Å². The van der Waals surface area contributed by atoms with Gasteiger partial charge in [0, 0.05) is 30.0 Å². The molecule has 92 valence electrons. The summed E-state index contributed by atoms with van der Waals surface area (Å²) in [6.45, 7) is 5.13. The van der Waals surface area contributed by atoms with Crippen molar-refractivity contribution in [3.8, 4) is 0 Å². The first-order chi connectivity index (χ1) is 8.28. The maximum absolute atomic E-state index is 5.40. The van der Waals surface area contributed by atoms with Gasteiger partial charge in [0.25, 0.3) is 0 Å². The fraction of sp³-hybridized carbons (Fsp3) is 0.462. The Bertz CT molecular complexity index is 436. The number of rotatable bonds is 6. The highest BCUT2D eigenvalue weighted by atomic mass is 32.1. The molecule has 3 nitrogen and oxygen atoms in total. The van der Waals surface area contributed by atoms with Crippen LogP contribution in [0.3, 0.4) is 0 Å². The fourth-order valence-corrected chi connectivity index (χ4v) is 2.74. The Morgan fingerprint density at radius 2 is 2.35 bits per heavy atom. The van der Waals surface area contributed by atoms with Gasteiger partial charge in [-0.1, -0.05) is 6.92 Å². The zero-order chi connectivity index (χ0) is 12.1. The van der Waals surface area contributed by atoms with E-state index in [4.69, 9.17) is 4.42 Å². The van der Waals surface area contributed by atoms with Crippen molar-refractivity contribution in [3.05, 3.63) is 40.2 Å². The maximum atomic E-state index is 5.40. The van der Waals surface area contributed by atoms with Crippen LogP contribution < -0.4 is 5.32 Å². The van der Waals surface area contributed by atoms with Crippen molar-refractivity contribution in [2.24, 2.45) is 0 Å². The minimum atomic E-state index is 0.400. The van der Waals surface area contributed by atoms with Crippen molar-refractivity contribution in [2.45, 2.75) is 32.7 Å². The van der Waals surface area contributed by atoms with Gasteiger partial charge in [0.05, 0.1) is 11.3 Å². The Balaban J connectivity index is 1.97. The van der Waals surface area contributed by atoms with Crippen LogP contribution in [0.4, 0.5) is 0 Å². The highest BCUT2D eigenvalue weighted by Crippen LogP contribution is 2.13. The summed E-state index contributed by atoms with van der Waals surface area (Å²) in [7, 11) is 0. The first kappa shape index (κ1) is 12.3. The molecule has 0 fully saturated rings. The summed E-state index contributed by atoms with van der Waals surface area (Å²) in [6, 6.07) is 4.36. The Morgan fingerprint density at radius 1 is 1.47 bits per heavy atom. The van der Waals surface area contributed by atoms with Gasteiger partial charge in [-0.05, 0) is 25.6 Å². The molecule has 0 aliphatic carbocycles. The molecular weight excluding hydrogens is 232 g/mol. The van der Waals surface area contributed by atoms with Crippen LogP contribution in [0.1, 0.15) is 23.4 Å². The van der Waals surface area contributed by atoms with Crippen molar-refractivity contribution < 1.29 is 4.42 Å². The normalized spacial score (nSPS) is 12.8. The summed E-state index contributed by atoms with van der Waals surface area (Å²) >= 11 is 1.73. The number of likely N-dealkylation sites (N-methyl/N-ethyl adjacent to an activating group) is 1. The van der Waals surface area contributed by atoms with E-state index >= 15 is 0 Å². The topological polar surface area (TPSA) is 38.1 Å². The summed E-state index contributed by atoms with van der Waals surface area (Å²) < 4.78 is 5.40. The van der Waals surface area contributed by atoms with Crippen LogP contribution >= 0.6 is 11.3 Å². The number of thiazole rings is 1. The smallest absolute Gasteiger partial charge is 0.105 e. The summed E-state index contributed by atoms with van der Waals surface area (Å²) in [6.07, 6.45) is 3.61. The molecule has 0 spiro atoms. The van der Waals surface area contributed by atoms with E-state index < -0.39 is 0 Å². The number of hydrogen-bond acceptors (Lipinski definition) is 4. The van der Waals surface area contributed by atoms with Gasteiger partial charge in [0.1, 0.15) is 5.76 Å². The van der Waals surface area contributed by atoms with Crippen LogP contribution in [0.25, 0.3) is 0 Å². The molecule has 2 aromatic heterocycles. The second kappa shape index (κ2) is 5.98. The van der Waals surface area contributed by atoms with Crippen LogP contribution in [0.15, 0.2) is 28.2 Å². The molecule has 4 heteroatoms. The lowest BCUT2D eigenvalue weighted by Crippen LogP contribution is -2.32. The van der Waals surface area contributed by atoms with Crippen molar-refractivity contribution in [2.75, 3.05) is 6.54 Å². The zero-order valence-corrected chi connectivity index (χ0v) is 11.1. The van der Waals surface area contributed by atoms with Crippen LogP contribution in [-0.4, -0.2) is 17.6 Å². The molecule has 0 aliphatic rings. The highest BCUT2D eigenvalue weighted by molar-refractivity contribution is 7.09. The van der Waals surface area contributed by atoms with Crippen LogP contribution in [0.5, 0.6) is 0 Å². The van der Waals surface area contributed by atoms with Gasteiger partial charge in [0.2, 0.25) is 0 Å². The number of aromatic nitrogens is 1. The first-order valence-corrected chi connectivity index (χ1v) is 6.82. The largest absolute Gasteiger partial charge is 0.469 e. The minimum absolute atomic E-state index is 0.400. The number of furan rings is 1. The van der Waals surface area contributed by atoms with Gasteiger partial charge in [-0.25, -0.2) is 4.98 Å². The molecule has 0 bridgehead atoms. The SMILES string of the molecule is CCNC(Cc1ccco1)Cc1nc(C)cs1. The molecule has 2 rings (SSSR count). The van der Waals surface area contributed by atoms with E-state index in [2.05, 4.69) is 22.6 Å². The third kappa shape index (κ3) is 3.68. The van der Waals surface area contributed by atoms with Crippen LogP contribution in [-0.2, 0) is 12.8 Å². The van der Waals surface area contributed by atoms with E-state index in [1.165, 1.54) is 5.01 Å². The summed E-state index contributed by atoms with van der Waals surface area (Å²) in [5, 5.41) is 6.78. The van der Waals surface area contributed by atoms with Crippen molar-refractivity contribution >= 4 is 11.3 Å². The van der Waals surface area contributed by atoms with Gasteiger partial charge in [-0.2, -0.15) is 0 Å². The second-order valence-corrected chi connectivity index (χ2v) is 5.07. The lowest BCUT2D eigenvalue weighted by molar-refractivity contribution is 0.444. The maximum Gasteiger partial charge on any atom is 0.105 e. The first-order valence-electron chi connectivity index (χ1n) is 5.94. The second-order valence-electron chi connectivity index (χ2n) is 4.12. The molecule has 0 saturated heterocycles. The molecule has 1 unspecified atom stereocenters. The number of hydrogen-bond donors (Lipinski definition) is 1. The monoisotopic (exact) mass is 250 g/mol. The van der Waals surface area contributed by atoms with E-state index in [0.29, 0.717) is 6.04 Å². The molecule has 2 aromatic rings. The Labute approximate surface area is 106 Å². The summed E-state index contributed by atoms with van der Waals surface area (Å²) in [5.41, 5.74) is 1.11. The molecule has 0 saturated carbocycles. The lowest BCUT2D eigenvalue weighted by atomic mass is 10.1. The van der Waals surface area contributed by atoms with Crippen molar-refractivity contribution in [3.63, 3.8) is 0 Å². The number of nitrogens with one attached hydrogen (secondary N) is 1. The lowest BCUT2D eigenvalue weighted by Gasteiger charge is -2.15. The predicted octanol–water partition coefficient (Wildman–Crippen LogP) is 2.81. The van der Waals surface area contributed by atoms with E-state index in [0.717, 1.165) is 30.8 Å².